The molecular weight excluding hydrogens is 332 g/mol. The lowest BCUT2D eigenvalue weighted by molar-refractivity contribution is -0.115. The Balaban J connectivity index is 1.88. The van der Waals surface area contributed by atoms with Crippen LogP contribution in [0.2, 0.25) is 0 Å². The van der Waals surface area contributed by atoms with Gasteiger partial charge in [-0.15, -0.1) is 0 Å². The van der Waals surface area contributed by atoms with Crippen molar-refractivity contribution in [1.29, 1.82) is 0 Å². The van der Waals surface area contributed by atoms with Crippen LogP contribution < -0.4 is 10.4 Å². The molecule has 3 rings (SSSR count). The summed E-state index contributed by atoms with van der Waals surface area (Å²) in [5.74, 6) is 1.03. The molecule has 0 bridgehead atoms. The largest absolute Gasteiger partial charge is 0.758 e. The van der Waals surface area contributed by atoms with Gasteiger partial charge in [0.15, 0.2) is 0 Å². The van der Waals surface area contributed by atoms with E-state index in [1.54, 1.807) is 18.2 Å². The fraction of sp³-hybridized carbons (Fsp3) is 0.125. The number of hydrogen-bond donors (Lipinski definition) is 1. The molecule has 0 saturated carbocycles. The molecule has 118 valence electrons. The van der Waals surface area contributed by atoms with Gasteiger partial charge in [-0.2, -0.15) is 0 Å². The van der Waals surface area contributed by atoms with Gasteiger partial charge in [0.2, 0.25) is 0 Å². The number of benzene rings is 1. The first-order chi connectivity index (χ1) is 10.9. The number of nitrogens with one attached hydrogen (secondary N) is 1. The predicted octanol–water partition coefficient (Wildman–Crippen LogP) is 3.68. The zero-order valence-electron chi connectivity index (χ0n) is 12.5. The van der Waals surface area contributed by atoms with E-state index in [1.807, 2.05) is 25.1 Å². The number of amides is 1. The van der Waals surface area contributed by atoms with E-state index in [-0.39, 0.29) is 5.91 Å². The van der Waals surface area contributed by atoms with Gasteiger partial charge < -0.3 is 20.0 Å². The van der Waals surface area contributed by atoms with Crippen molar-refractivity contribution < 1.29 is 9.21 Å². The van der Waals surface area contributed by atoms with Crippen molar-refractivity contribution in [2.24, 2.45) is 0 Å². The molecule has 0 unspecified atom stereocenters. The van der Waals surface area contributed by atoms with Gasteiger partial charge in [-0.1, -0.05) is 24.0 Å². The second-order valence-corrected chi connectivity index (χ2v) is 6.77. The van der Waals surface area contributed by atoms with Gasteiger partial charge in [0.1, 0.15) is 15.8 Å². The minimum absolute atomic E-state index is 0.211. The van der Waals surface area contributed by atoms with Crippen molar-refractivity contribution in [2.45, 2.75) is 6.92 Å². The van der Waals surface area contributed by atoms with Crippen LogP contribution in [0.4, 0.5) is 5.69 Å². The van der Waals surface area contributed by atoms with Gasteiger partial charge in [-0.25, -0.2) is 0 Å². The number of aryl methyl sites for hydroxylation is 1. The number of thiocarbonyl (C=S) groups is 1. The van der Waals surface area contributed by atoms with E-state index in [0.717, 1.165) is 16.2 Å². The molecule has 0 aliphatic carbocycles. The Morgan fingerprint density at radius 2 is 2.13 bits per heavy atom. The molecular formula is C16H13N2O3S2-. The third-order valence-electron chi connectivity index (χ3n) is 3.36. The van der Waals surface area contributed by atoms with Crippen LogP contribution in [-0.4, -0.2) is 17.3 Å². The molecule has 1 N–H and O–H groups in total. The highest BCUT2D eigenvalue weighted by molar-refractivity contribution is 8.26. The first-order valence-corrected chi connectivity index (χ1v) is 8.03. The first-order valence-electron chi connectivity index (χ1n) is 6.80. The number of hydrogen-bond acceptors (Lipinski definition) is 6. The van der Waals surface area contributed by atoms with Crippen LogP contribution in [0, 0.1) is 12.1 Å². The number of anilines is 1. The Kier molecular flexibility index (Phi) is 4.25. The zero-order chi connectivity index (χ0) is 16.6. The maximum atomic E-state index is 11.6. The molecule has 1 aliphatic heterocycles. The van der Waals surface area contributed by atoms with Gasteiger partial charge in [-0.05, 0) is 49.9 Å². The van der Waals surface area contributed by atoms with Gasteiger partial charge in [0.05, 0.1) is 4.91 Å². The summed E-state index contributed by atoms with van der Waals surface area (Å²) in [5, 5.41) is 14.8. The summed E-state index contributed by atoms with van der Waals surface area (Å²) in [4.78, 5) is 12.2. The molecule has 0 spiro atoms. The van der Waals surface area contributed by atoms with E-state index in [9.17, 15) is 10.0 Å². The minimum Gasteiger partial charge on any atom is -0.758 e. The molecule has 5 nitrogen and oxygen atoms in total. The van der Waals surface area contributed by atoms with E-state index in [2.05, 4.69) is 5.32 Å². The molecule has 1 aliphatic rings. The number of thioether (sulfide) groups is 1. The van der Waals surface area contributed by atoms with E-state index >= 15 is 0 Å². The fourth-order valence-electron chi connectivity index (χ4n) is 2.30. The molecule has 1 aromatic heterocycles. The molecule has 1 fully saturated rings. The normalized spacial score (nSPS) is 16.0. The number of nitrogens with zero attached hydrogens (tertiary/aromatic N) is 1. The molecule has 23 heavy (non-hydrogen) atoms. The van der Waals surface area contributed by atoms with E-state index in [1.165, 1.54) is 18.8 Å². The Morgan fingerprint density at radius 1 is 1.35 bits per heavy atom. The number of carbonyl (C=O) groups excluding carboxylic acids is 1. The topological polar surface area (TPSA) is 68.5 Å². The van der Waals surface area contributed by atoms with E-state index in [0.29, 0.717) is 26.4 Å². The molecule has 1 saturated heterocycles. The van der Waals surface area contributed by atoms with Gasteiger partial charge in [0.25, 0.3) is 5.91 Å². The van der Waals surface area contributed by atoms with E-state index < -0.39 is 0 Å². The highest BCUT2D eigenvalue weighted by Gasteiger charge is 2.22. The zero-order valence-corrected chi connectivity index (χ0v) is 14.1. The molecule has 1 amide bonds. The minimum atomic E-state index is -0.211. The average molecular weight is 345 g/mol. The molecule has 0 radical (unpaired) electrons. The van der Waals surface area contributed by atoms with Gasteiger partial charge >= 0.3 is 0 Å². The Bertz CT molecular complexity index is 824. The second-order valence-electron chi connectivity index (χ2n) is 5.05. The second kappa shape index (κ2) is 6.19. The maximum absolute atomic E-state index is 11.6. The Labute approximate surface area is 142 Å². The summed E-state index contributed by atoms with van der Waals surface area (Å²) < 4.78 is 6.21. The lowest BCUT2D eigenvalue weighted by atomic mass is 10.1. The van der Waals surface area contributed by atoms with Crippen molar-refractivity contribution in [3.63, 3.8) is 0 Å². The van der Waals surface area contributed by atoms with E-state index in [4.69, 9.17) is 16.6 Å². The lowest BCUT2D eigenvalue weighted by Gasteiger charge is -2.26. The average Bonchev–Trinajstić information content (AvgIpc) is 3.06. The lowest BCUT2D eigenvalue weighted by Crippen LogP contribution is -2.17. The molecule has 2 heterocycles. The van der Waals surface area contributed by atoms with Crippen molar-refractivity contribution >= 4 is 46.0 Å². The highest BCUT2D eigenvalue weighted by atomic mass is 32.2. The van der Waals surface area contributed by atoms with Gasteiger partial charge in [0, 0.05) is 17.3 Å². The maximum Gasteiger partial charge on any atom is 0.263 e. The summed E-state index contributed by atoms with van der Waals surface area (Å²) in [6.45, 7) is 1.87. The smallest absolute Gasteiger partial charge is 0.263 e. The van der Waals surface area contributed by atoms with Crippen LogP contribution >= 0.6 is 24.0 Å². The first kappa shape index (κ1) is 15.8. The number of furan rings is 1. The fourth-order valence-corrected chi connectivity index (χ4v) is 3.32. The van der Waals surface area contributed by atoms with Crippen LogP contribution in [0.1, 0.15) is 11.3 Å². The Morgan fingerprint density at radius 3 is 2.74 bits per heavy atom. The Hall–Kier alpha value is -2.09. The number of carbonyl (C=O) groups is 1. The van der Waals surface area contributed by atoms with Gasteiger partial charge in [-0.3, -0.25) is 4.79 Å². The monoisotopic (exact) mass is 345 g/mol. The summed E-state index contributed by atoms with van der Waals surface area (Å²) in [6, 6.07) is 9.11. The number of rotatable bonds is 3. The highest BCUT2D eigenvalue weighted by Crippen LogP contribution is 2.30. The standard InChI is InChI=1S/C16H13N2O3S2/c1-9-7-10(3-5-12(9)18(2)20)13-6-4-11(21-13)8-14-15(19)17-16(22)23-14/h3-8H,1-2H3,(H,17,19,22)/q-1/b14-8-. The predicted molar refractivity (Wildman–Crippen MR) is 97.0 cm³/mol. The van der Waals surface area contributed by atoms with Crippen molar-refractivity contribution in [2.75, 3.05) is 12.1 Å². The third-order valence-corrected chi connectivity index (χ3v) is 4.53. The third kappa shape index (κ3) is 3.31. The summed E-state index contributed by atoms with van der Waals surface area (Å²) in [5.41, 5.74) is 2.36. The van der Waals surface area contributed by atoms with Crippen LogP contribution in [0.15, 0.2) is 39.7 Å². The SMILES string of the molecule is Cc1cc(-c2ccc(/C=C3\SC(=S)NC3=O)o2)ccc1N(C)[O-]. The van der Waals surface area contributed by atoms with Crippen LogP contribution in [0.5, 0.6) is 0 Å². The summed E-state index contributed by atoms with van der Waals surface area (Å²) in [6.07, 6.45) is 1.66. The molecule has 0 atom stereocenters. The van der Waals surface area contributed by atoms with Crippen LogP contribution in [0.3, 0.4) is 0 Å². The van der Waals surface area contributed by atoms with Crippen molar-refractivity contribution in [3.8, 4) is 11.3 Å². The summed E-state index contributed by atoms with van der Waals surface area (Å²) >= 11 is 6.16. The van der Waals surface area contributed by atoms with Crippen molar-refractivity contribution in [1.82, 2.24) is 5.32 Å². The van der Waals surface area contributed by atoms with Crippen LogP contribution in [-0.2, 0) is 4.79 Å². The molecule has 7 heteroatoms. The van der Waals surface area contributed by atoms with Crippen LogP contribution in [0.25, 0.3) is 17.4 Å². The van der Waals surface area contributed by atoms with Crippen molar-refractivity contribution in [3.05, 3.63) is 51.8 Å². The number of hydroxylamine groups is 1. The quantitative estimate of drug-likeness (QED) is 0.520. The molecule has 2 aromatic rings. The molecule has 1 aromatic carbocycles. The summed E-state index contributed by atoms with van der Waals surface area (Å²) in [7, 11) is 1.47.